The topological polar surface area (TPSA) is 114 Å². The molecule has 0 unspecified atom stereocenters. The van der Waals surface area contributed by atoms with Crippen LogP contribution in [0, 0.1) is 0 Å². The van der Waals surface area contributed by atoms with Gasteiger partial charge in [0.15, 0.2) is 0 Å². The van der Waals surface area contributed by atoms with Crippen molar-refractivity contribution in [2.45, 2.75) is 58.4 Å². The van der Waals surface area contributed by atoms with Gasteiger partial charge in [0, 0.05) is 64.7 Å². The van der Waals surface area contributed by atoms with Gasteiger partial charge in [-0.25, -0.2) is 4.68 Å². The second kappa shape index (κ2) is 13.7. The third kappa shape index (κ3) is 7.50. The highest BCUT2D eigenvalue weighted by atomic mass is 16.6. The van der Waals surface area contributed by atoms with E-state index in [2.05, 4.69) is 63.1 Å². The number of anilines is 3. The number of carbonyl (C=O) groups is 2. The standard InChI is InChI=1S/C40H42N6O4/c1-40(2,3)50-38(48)26-45-19-16-29-22-32(9-14-36(29)45)43-39(49)28-6-12-34(13-7-28)46-37-15-8-31(23-30(37)25-42-46)41-24-27-4-10-33(11-5-27)44-20-17-35(47)18-21-44/h4-16,19,22-23,25,35,41,47H,17-18,20-21,24,26H2,1-3H3,(H,43,49). The van der Waals surface area contributed by atoms with E-state index in [1.807, 2.05) is 78.8 Å². The van der Waals surface area contributed by atoms with E-state index in [4.69, 9.17) is 4.74 Å². The molecule has 2 aromatic heterocycles. The molecule has 1 amide bonds. The van der Waals surface area contributed by atoms with E-state index in [-0.39, 0.29) is 24.5 Å². The van der Waals surface area contributed by atoms with Gasteiger partial charge < -0.3 is 29.9 Å². The Bertz CT molecular complexity index is 2140. The highest BCUT2D eigenvalue weighted by Gasteiger charge is 2.18. The van der Waals surface area contributed by atoms with Crippen molar-refractivity contribution in [3.8, 4) is 5.69 Å². The quantitative estimate of drug-likeness (QED) is 0.140. The molecule has 3 N–H and O–H groups in total. The predicted molar refractivity (Wildman–Crippen MR) is 198 cm³/mol. The summed E-state index contributed by atoms with van der Waals surface area (Å²) in [5.74, 6) is -0.517. The van der Waals surface area contributed by atoms with Crippen molar-refractivity contribution in [2.24, 2.45) is 0 Å². The van der Waals surface area contributed by atoms with Gasteiger partial charge in [0.05, 0.1) is 23.5 Å². The summed E-state index contributed by atoms with van der Waals surface area (Å²) in [5.41, 5.74) is 6.77. The second-order valence-corrected chi connectivity index (χ2v) is 13.9. The molecule has 7 rings (SSSR count). The molecule has 1 saturated heterocycles. The predicted octanol–water partition coefficient (Wildman–Crippen LogP) is 7.15. The number of piperidine rings is 1. The smallest absolute Gasteiger partial charge is 0.326 e. The second-order valence-electron chi connectivity index (χ2n) is 13.9. The van der Waals surface area contributed by atoms with Crippen LogP contribution in [0.15, 0.2) is 103 Å². The number of hydrogen-bond donors (Lipinski definition) is 3. The summed E-state index contributed by atoms with van der Waals surface area (Å²) in [4.78, 5) is 27.8. The first-order valence-corrected chi connectivity index (χ1v) is 17.0. The van der Waals surface area contributed by atoms with Crippen LogP contribution in [-0.4, -0.2) is 56.1 Å². The lowest BCUT2D eigenvalue weighted by Gasteiger charge is -2.31. The van der Waals surface area contributed by atoms with Gasteiger partial charge in [-0.1, -0.05) is 12.1 Å². The lowest BCUT2D eigenvalue weighted by molar-refractivity contribution is -0.155. The van der Waals surface area contributed by atoms with Crippen molar-refractivity contribution in [1.82, 2.24) is 14.3 Å². The number of aliphatic hydroxyl groups is 1. The zero-order valence-corrected chi connectivity index (χ0v) is 28.6. The molecule has 0 saturated carbocycles. The zero-order chi connectivity index (χ0) is 34.8. The number of hydrogen-bond acceptors (Lipinski definition) is 7. The summed E-state index contributed by atoms with van der Waals surface area (Å²) in [6.45, 7) is 8.15. The summed E-state index contributed by atoms with van der Waals surface area (Å²) >= 11 is 0. The van der Waals surface area contributed by atoms with E-state index in [1.54, 1.807) is 12.1 Å². The highest BCUT2D eigenvalue weighted by molar-refractivity contribution is 6.05. The molecule has 0 radical (unpaired) electrons. The summed E-state index contributed by atoms with van der Waals surface area (Å²) in [6.07, 6.45) is 5.16. The Morgan fingerprint density at radius 3 is 2.26 bits per heavy atom. The van der Waals surface area contributed by atoms with Crippen LogP contribution in [0.5, 0.6) is 0 Å². The van der Waals surface area contributed by atoms with E-state index in [0.29, 0.717) is 17.8 Å². The van der Waals surface area contributed by atoms with Gasteiger partial charge in [-0.15, -0.1) is 0 Å². The maximum Gasteiger partial charge on any atom is 0.326 e. The summed E-state index contributed by atoms with van der Waals surface area (Å²) in [6, 6.07) is 29.7. The van der Waals surface area contributed by atoms with E-state index < -0.39 is 5.60 Å². The molecule has 6 aromatic rings. The summed E-state index contributed by atoms with van der Waals surface area (Å²) < 4.78 is 9.17. The van der Waals surface area contributed by atoms with Crippen LogP contribution in [-0.2, 0) is 22.6 Å². The number of fused-ring (bicyclic) bond motifs is 2. The van der Waals surface area contributed by atoms with Crippen molar-refractivity contribution in [1.29, 1.82) is 0 Å². The first-order chi connectivity index (χ1) is 24.1. The Hall–Kier alpha value is -5.61. The lowest BCUT2D eigenvalue weighted by Crippen LogP contribution is -2.35. The fourth-order valence-electron chi connectivity index (χ4n) is 6.39. The van der Waals surface area contributed by atoms with Gasteiger partial charge in [-0.3, -0.25) is 9.59 Å². The highest BCUT2D eigenvalue weighted by Crippen LogP contribution is 2.25. The molecule has 3 heterocycles. The van der Waals surface area contributed by atoms with E-state index in [9.17, 15) is 14.7 Å². The lowest BCUT2D eigenvalue weighted by atomic mass is 10.1. The van der Waals surface area contributed by atoms with Crippen LogP contribution in [0.2, 0.25) is 0 Å². The average molecular weight is 671 g/mol. The minimum absolute atomic E-state index is 0.116. The molecule has 0 aliphatic carbocycles. The van der Waals surface area contributed by atoms with Crippen molar-refractivity contribution in [2.75, 3.05) is 28.6 Å². The average Bonchev–Trinajstić information content (AvgIpc) is 3.70. The van der Waals surface area contributed by atoms with Crippen LogP contribution in [0.1, 0.15) is 49.5 Å². The summed E-state index contributed by atoms with van der Waals surface area (Å²) in [5, 5.41) is 22.8. The largest absolute Gasteiger partial charge is 0.459 e. The fraction of sp³-hybridized carbons (Fsp3) is 0.275. The van der Waals surface area contributed by atoms with Gasteiger partial charge in [0.1, 0.15) is 12.1 Å². The van der Waals surface area contributed by atoms with Gasteiger partial charge in [-0.2, -0.15) is 5.10 Å². The Morgan fingerprint density at radius 2 is 1.52 bits per heavy atom. The summed E-state index contributed by atoms with van der Waals surface area (Å²) in [7, 11) is 0. The number of nitrogens with zero attached hydrogens (tertiary/aromatic N) is 4. The Balaban J connectivity index is 0.959. The molecule has 256 valence electrons. The Labute approximate surface area is 291 Å². The number of carbonyl (C=O) groups excluding carboxylic acids is 2. The SMILES string of the molecule is CC(C)(C)OC(=O)Cn1ccc2cc(NC(=O)c3ccc(-n4ncc5cc(NCc6ccc(N7CCC(O)CC7)cc6)ccc54)cc3)ccc21. The monoisotopic (exact) mass is 670 g/mol. The molecule has 0 atom stereocenters. The first kappa shape index (κ1) is 32.9. The molecule has 1 aliphatic heterocycles. The van der Waals surface area contributed by atoms with Crippen LogP contribution in [0.4, 0.5) is 17.1 Å². The van der Waals surface area contributed by atoms with E-state index in [0.717, 1.165) is 59.1 Å². The minimum atomic E-state index is -0.542. The normalized spacial score (nSPS) is 13.9. The van der Waals surface area contributed by atoms with Crippen LogP contribution in [0.25, 0.3) is 27.5 Å². The third-order valence-electron chi connectivity index (χ3n) is 8.95. The number of aromatic nitrogens is 3. The molecule has 0 bridgehead atoms. The van der Waals surface area contributed by atoms with Crippen molar-refractivity contribution in [3.05, 3.63) is 115 Å². The first-order valence-electron chi connectivity index (χ1n) is 17.0. The minimum Gasteiger partial charge on any atom is -0.459 e. The van der Waals surface area contributed by atoms with Gasteiger partial charge >= 0.3 is 5.97 Å². The number of amides is 1. The van der Waals surface area contributed by atoms with E-state index in [1.165, 1.54) is 11.3 Å². The number of benzene rings is 4. The molecule has 4 aromatic carbocycles. The van der Waals surface area contributed by atoms with Gasteiger partial charge in [-0.05, 0) is 118 Å². The van der Waals surface area contributed by atoms with Crippen LogP contribution >= 0.6 is 0 Å². The van der Waals surface area contributed by atoms with Crippen LogP contribution in [0.3, 0.4) is 0 Å². The number of esters is 1. The molecule has 10 nitrogen and oxygen atoms in total. The van der Waals surface area contributed by atoms with Gasteiger partial charge in [0.2, 0.25) is 0 Å². The molecule has 0 spiro atoms. The van der Waals surface area contributed by atoms with Crippen molar-refractivity contribution < 1.29 is 19.4 Å². The number of aliphatic hydroxyl groups excluding tert-OH is 1. The molecule has 1 fully saturated rings. The van der Waals surface area contributed by atoms with Gasteiger partial charge in [0.25, 0.3) is 5.91 Å². The molecular weight excluding hydrogens is 628 g/mol. The molecule has 50 heavy (non-hydrogen) atoms. The number of rotatable bonds is 9. The zero-order valence-electron chi connectivity index (χ0n) is 28.6. The van der Waals surface area contributed by atoms with Crippen molar-refractivity contribution >= 4 is 50.7 Å². The molecule has 1 aliphatic rings. The van der Waals surface area contributed by atoms with E-state index >= 15 is 0 Å². The third-order valence-corrected chi connectivity index (χ3v) is 8.95. The Morgan fingerprint density at radius 1 is 0.840 bits per heavy atom. The molecular formula is C40H42N6O4. The maximum atomic E-state index is 13.1. The maximum absolute atomic E-state index is 13.1. The van der Waals surface area contributed by atoms with Crippen molar-refractivity contribution in [3.63, 3.8) is 0 Å². The number of ether oxygens (including phenoxy) is 1. The fourth-order valence-corrected chi connectivity index (χ4v) is 6.39. The molecule has 10 heteroatoms. The number of nitrogens with one attached hydrogen (secondary N) is 2. The Kier molecular flexibility index (Phi) is 9.03. The van der Waals surface area contributed by atoms with Crippen LogP contribution < -0.4 is 15.5 Å².